The quantitative estimate of drug-likeness (QED) is 0.242. The van der Waals surface area contributed by atoms with E-state index in [1.165, 1.54) is 4.90 Å². The van der Waals surface area contributed by atoms with Crippen LogP contribution in [0.3, 0.4) is 0 Å². The summed E-state index contributed by atoms with van der Waals surface area (Å²) in [5.41, 5.74) is 7.07. The van der Waals surface area contributed by atoms with Crippen LogP contribution in [0.5, 0.6) is 0 Å². The van der Waals surface area contributed by atoms with Crippen LogP contribution in [-0.4, -0.2) is 23.9 Å². The van der Waals surface area contributed by atoms with Crippen LogP contribution < -0.4 is 10.3 Å². The Morgan fingerprint density at radius 2 is 1.33 bits per heavy atom. The summed E-state index contributed by atoms with van der Waals surface area (Å²) in [6.45, 7) is 0. The average Bonchev–Trinajstić information content (AvgIpc) is 3.25. The van der Waals surface area contributed by atoms with Gasteiger partial charge in [0.25, 0.3) is 0 Å². The molecule has 4 aromatic carbocycles. The first-order valence-electron chi connectivity index (χ1n) is 13.1. The topological polar surface area (TPSA) is 78.8 Å². The molecule has 190 valence electrons. The van der Waals surface area contributed by atoms with E-state index in [4.69, 9.17) is 0 Å². The van der Waals surface area contributed by atoms with Crippen molar-refractivity contribution in [3.63, 3.8) is 0 Å². The van der Waals surface area contributed by atoms with Crippen LogP contribution in [0, 0.1) is 11.8 Å². The number of nitrogens with zero attached hydrogens (tertiary/aromatic N) is 2. The largest absolute Gasteiger partial charge is 0.274 e. The van der Waals surface area contributed by atoms with Gasteiger partial charge in [-0.15, -0.1) is 0 Å². The summed E-state index contributed by atoms with van der Waals surface area (Å²) >= 11 is 0. The van der Waals surface area contributed by atoms with Gasteiger partial charge in [-0.05, 0) is 39.9 Å². The highest BCUT2D eigenvalue weighted by molar-refractivity contribution is 6.25. The fourth-order valence-corrected chi connectivity index (χ4v) is 6.91. The number of carbonyl (C=O) groups excluding carboxylic acids is 3. The standard InChI is InChI=1S/C33H25N3O3/c37-27(19-21-11-3-1-4-12-21)35-34-20-33-25-17-9-7-15-23(25)28(24-16-8-10-18-26(24)33)29-30(33)32(39)36(31(29)38)22-13-5-2-6-14-22/h1-18,20,28-30H,19H2,(H,35,37)/b34-20-/t28?,29-,30-,33?/m1/s1. The molecule has 0 aromatic heterocycles. The number of hydrazone groups is 1. The fraction of sp³-hybridized carbons (Fsp3) is 0.152. The highest BCUT2D eigenvalue weighted by Gasteiger charge is 2.68. The molecule has 0 spiro atoms. The van der Waals surface area contributed by atoms with Crippen molar-refractivity contribution in [3.05, 3.63) is 137 Å². The van der Waals surface area contributed by atoms with E-state index < -0.39 is 17.3 Å². The average molecular weight is 512 g/mol. The van der Waals surface area contributed by atoms with Crippen molar-refractivity contribution in [1.82, 2.24) is 5.43 Å². The molecule has 1 aliphatic heterocycles. The van der Waals surface area contributed by atoms with Gasteiger partial charge in [0, 0.05) is 12.1 Å². The molecule has 0 radical (unpaired) electrons. The molecule has 1 fully saturated rings. The van der Waals surface area contributed by atoms with E-state index in [0.717, 1.165) is 27.8 Å². The molecule has 0 saturated carbocycles. The predicted octanol–water partition coefficient (Wildman–Crippen LogP) is 4.58. The third kappa shape index (κ3) is 3.34. The summed E-state index contributed by atoms with van der Waals surface area (Å²) in [5.74, 6) is -2.20. The van der Waals surface area contributed by atoms with Gasteiger partial charge in [-0.25, -0.2) is 10.3 Å². The summed E-state index contributed by atoms with van der Waals surface area (Å²) in [7, 11) is 0. The number of benzene rings is 4. The van der Waals surface area contributed by atoms with Crippen LogP contribution in [0.25, 0.3) is 0 Å². The number of rotatable bonds is 5. The Bertz CT molecular complexity index is 1600. The molecule has 8 rings (SSSR count). The number of para-hydroxylation sites is 1. The van der Waals surface area contributed by atoms with Crippen molar-refractivity contribution in [2.45, 2.75) is 17.8 Å². The minimum Gasteiger partial charge on any atom is -0.274 e. The van der Waals surface area contributed by atoms with E-state index in [2.05, 4.69) is 10.5 Å². The monoisotopic (exact) mass is 511 g/mol. The molecule has 0 unspecified atom stereocenters. The van der Waals surface area contributed by atoms with Crippen LogP contribution in [0.15, 0.2) is 114 Å². The molecular weight excluding hydrogens is 486 g/mol. The molecule has 39 heavy (non-hydrogen) atoms. The van der Waals surface area contributed by atoms with Gasteiger partial charge in [0.2, 0.25) is 17.7 Å². The third-order valence-corrected chi connectivity index (χ3v) is 8.36. The van der Waals surface area contributed by atoms with Crippen molar-refractivity contribution in [3.8, 4) is 0 Å². The fourth-order valence-electron chi connectivity index (χ4n) is 6.91. The summed E-state index contributed by atoms with van der Waals surface area (Å²) in [6.07, 6.45) is 1.88. The predicted molar refractivity (Wildman–Crippen MR) is 148 cm³/mol. The summed E-state index contributed by atoms with van der Waals surface area (Å²) < 4.78 is 0. The molecule has 2 atom stereocenters. The van der Waals surface area contributed by atoms with E-state index >= 15 is 0 Å². The van der Waals surface area contributed by atoms with E-state index in [1.54, 1.807) is 18.3 Å². The number of nitrogens with one attached hydrogen (secondary N) is 1. The van der Waals surface area contributed by atoms with Gasteiger partial charge in [-0.3, -0.25) is 14.4 Å². The zero-order valence-corrected chi connectivity index (χ0v) is 21.0. The molecular formula is C33H25N3O3. The van der Waals surface area contributed by atoms with Crippen molar-refractivity contribution in [2.24, 2.45) is 16.9 Å². The molecule has 6 nitrogen and oxygen atoms in total. The maximum atomic E-state index is 14.3. The SMILES string of the molecule is O=C(Cc1ccccc1)N/N=C\C12c3ccccc3C(c3ccccc31)[C@H]1C(=O)N(c3ccccc3)C(=O)[C@@H]12. The lowest BCUT2D eigenvalue weighted by Gasteiger charge is -2.52. The van der Waals surface area contributed by atoms with Gasteiger partial charge in [0.1, 0.15) is 0 Å². The molecule has 1 heterocycles. The molecule has 1 saturated heterocycles. The molecule has 2 bridgehead atoms. The second-order valence-electron chi connectivity index (χ2n) is 10.3. The van der Waals surface area contributed by atoms with Gasteiger partial charge >= 0.3 is 0 Å². The minimum atomic E-state index is -1.01. The van der Waals surface area contributed by atoms with Crippen LogP contribution in [0.4, 0.5) is 5.69 Å². The molecule has 4 aliphatic rings. The normalized spacial score (nSPS) is 24.4. The lowest BCUT2D eigenvalue weighted by Crippen LogP contribution is -2.54. The zero-order chi connectivity index (χ0) is 26.6. The van der Waals surface area contributed by atoms with Gasteiger partial charge < -0.3 is 0 Å². The molecule has 4 aromatic rings. The first-order chi connectivity index (χ1) is 19.1. The van der Waals surface area contributed by atoms with Crippen LogP contribution in [0.2, 0.25) is 0 Å². The van der Waals surface area contributed by atoms with Gasteiger partial charge in [-0.1, -0.05) is 97.1 Å². The Hall–Kier alpha value is -4.84. The second-order valence-corrected chi connectivity index (χ2v) is 10.3. The van der Waals surface area contributed by atoms with Crippen molar-refractivity contribution >= 4 is 29.6 Å². The van der Waals surface area contributed by atoms with Crippen LogP contribution in [-0.2, 0) is 26.2 Å². The van der Waals surface area contributed by atoms with Gasteiger partial charge in [-0.2, -0.15) is 5.10 Å². The Morgan fingerprint density at radius 1 is 0.769 bits per heavy atom. The number of carbonyl (C=O) groups is 3. The van der Waals surface area contributed by atoms with E-state index in [0.29, 0.717) is 5.69 Å². The third-order valence-electron chi connectivity index (χ3n) is 8.36. The van der Waals surface area contributed by atoms with E-state index in [-0.39, 0.29) is 30.1 Å². The second kappa shape index (κ2) is 8.88. The first-order valence-corrected chi connectivity index (χ1v) is 13.1. The number of imide groups is 1. The number of hydrogen-bond acceptors (Lipinski definition) is 4. The number of amides is 3. The molecule has 6 heteroatoms. The van der Waals surface area contributed by atoms with Crippen molar-refractivity contribution in [1.29, 1.82) is 0 Å². The Labute approximate surface area is 226 Å². The lowest BCUT2D eigenvalue weighted by molar-refractivity contribution is -0.123. The van der Waals surface area contributed by atoms with Crippen LogP contribution in [0.1, 0.15) is 33.7 Å². The highest BCUT2D eigenvalue weighted by atomic mass is 16.2. The summed E-state index contributed by atoms with van der Waals surface area (Å²) in [5, 5.41) is 4.47. The Kier molecular flexibility index (Phi) is 5.30. The molecule has 3 aliphatic carbocycles. The minimum absolute atomic E-state index is 0.186. The van der Waals surface area contributed by atoms with Crippen LogP contribution >= 0.6 is 0 Å². The van der Waals surface area contributed by atoms with Crippen molar-refractivity contribution in [2.75, 3.05) is 4.90 Å². The van der Waals surface area contributed by atoms with Gasteiger partial charge in [0.05, 0.1) is 29.4 Å². The maximum absolute atomic E-state index is 14.3. The lowest BCUT2D eigenvalue weighted by atomic mass is 9.47. The summed E-state index contributed by atoms with van der Waals surface area (Å²) in [6, 6.07) is 34.6. The number of hydrogen-bond donors (Lipinski definition) is 1. The smallest absolute Gasteiger partial charge is 0.244 e. The highest BCUT2D eigenvalue weighted by Crippen LogP contribution is 2.63. The van der Waals surface area contributed by atoms with E-state index in [9.17, 15) is 14.4 Å². The first kappa shape index (κ1) is 23.3. The van der Waals surface area contributed by atoms with Crippen molar-refractivity contribution < 1.29 is 14.4 Å². The van der Waals surface area contributed by atoms with Gasteiger partial charge in [0.15, 0.2) is 0 Å². The maximum Gasteiger partial charge on any atom is 0.244 e. The molecule has 3 amide bonds. The Balaban J connectivity index is 1.37. The Morgan fingerprint density at radius 3 is 1.97 bits per heavy atom. The van der Waals surface area contributed by atoms with E-state index in [1.807, 2.05) is 97.1 Å². The zero-order valence-electron chi connectivity index (χ0n) is 21.0. The molecule has 1 N–H and O–H groups in total. The number of anilines is 1. The summed E-state index contributed by atoms with van der Waals surface area (Å²) in [4.78, 5) is 42.5.